The minimum absolute atomic E-state index is 0.0308. The molecule has 0 saturated heterocycles. The van der Waals surface area contributed by atoms with Crippen LogP contribution in [0.2, 0.25) is 0 Å². The fraction of sp³-hybridized carbons (Fsp3) is 0.545. The van der Waals surface area contributed by atoms with Crippen molar-refractivity contribution < 1.29 is 9.66 Å². The molecule has 1 saturated carbocycles. The zero-order valence-electron chi connectivity index (χ0n) is 10.1. The maximum Gasteiger partial charge on any atom is 0.311 e. The van der Waals surface area contributed by atoms with E-state index in [1.807, 2.05) is 0 Å². The van der Waals surface area contributed by atoms with E-state index in [1.165, 1.54) is 19.2 Å². The van der Waals surface area contributed by atoms with Crippen LogP contribution in [0.5, 0.6) is 5.88 Å². The number of aromatic nitrogens is 1. The van der Waals surface area contributed by atoms with Gasteiger partial charge in [0.25, 0.3) is 0 Å². The maximum absolute atomic E-state index is 10.9. The molecule has 0 bridgehead atoms. The van der Waals surface area contributed by atoms with Crippen molar-refractivity contribution in [1.82, 2.24) is 4.98 Å². The lowest BCUT2D eigenvalue weighted by molar-refractivity contribution is -0.384. The van der Waals surface area contributed by atoms with E-state index >= 15 is 0 Å². The van der Waals surface area contributed by atoms with Gasteiger partial charge in [0, 0.05) is 24.7 Å². The van der Waals surface area contributed by atoms with Gasteiger partial charge < -0.3 is 15.8 Å². The number of nitrogens with two attached hydrogens (primary N) is 1. The van der Waals surface area contributed by atoms with Crippen molar-refractivity contribution in [3.05, 3.63) is 22.2 Å². The number of ether oxygens (including phenoxy) is 1. The molecule has 98 valence electrons. The monoisotopic (exact) mass is 252 g/mol. The molecule has 1 fully saturated rings. The summed E-state index contributed by atoms with van der Waals surface area (Å²) in [7, 11) is 1.47. The summed E-state index contributed by atoms with van der Waals surface area (Å²) in [5, 5.41) is 14.0. The minimum atomic E-state index is -0.463. The number of methoxy groups -OCH3 is 1. The second-order valence-corrected chi connectivity index (χ2v) is 4.30. The van der Waals surface area contributed by atoms with Gasteiger partial charge in [-0.2, -0.15) is 4.98 Å². The third-order valence-electron chi connectivity index (χ3n) is 3.02. The summed E-state index contributed by atoms with van der Waals surface area (Å²) >= 11 is 0. The van der Waals surface area contributed by atoms with Crippen LogP contribution >= 0.6 is 0 Å². The van der Waals surface area contributed by atoms with Crippen molar-refractivity contribution in [3.63, 3.8) is 0 Å². The van der Waals surface area contributed by atoms with Crippen molar-refractivity contribution in [1.29, 1.82) is 0 Å². The molecule has 0 aromatic carbocycles. The summed E-state index contributed by atoms with van der Waals surface area (Å²) in [4.78, 5) is 14.5. The van der Waals surface area contributed by atoms with Gasteiger partial charge >= 0.3 is 5.69 Å². The Balaban J connectivity index is 2.24. The Hall–Kier alpha value is -1.89. The predicted octanol–water partition coefficient (Wildman–Crippen LogP) is 1.15. The molecule has 0 spiro atoms. The zero-order valence-corrected chi connectivity index (χ0v) is 10.1. The maximum atomic E-state index is 10.9. The highest BCUT2D eigenvalue weighted by Crippen LogP contribution is 2.35. The molecule has 1 heterocycles. The van der Waals surface area contributed by atoms with Gasteiger partial charge in [0.05, 0.1) is 12.0 Å². The highest BCUT2D eigenvalue weighted by Gasteiger charge is 2.32. The average molecular weight is 252 g/mol. The molecule has 1 aromatic heterocycles. The molecule has 7 heteroatoms. The van der Waals surface area contributed by atoms with Crippen LogP contribution in [0.3, 0.4) is 0 Å². The first-order valence-corrected chi connectivity index (χ1v) is 5.81. The molecule has 1 atom stereocenters. The van der Waals surface area contributed by atoms with Gasteiger partial charge in [0.2, 0.25) is 11.7 Å². The Bertz CT molecular complexity index is 448. The zero-order chi connectivity index (χ0) is 13.1. The number of rotatable bonds is 6. The molecule has 2 rings (SSSR count). The number of hydrogen-bond acceptors (Lipinski definition) is 6. The second kappa shape index (κ2) is 5.18. The molecular formula is C11H16N4O3. The van der Waals surface area contributed by atoms with Gasteiger partial charge in [0.1, 0.15) is 0 Å². The number of hydrogen-bond donors (Lipinski definition) is 2. The molecule has 7 nitrogen and oxygen atoms in total. The number of anilines is 1. The predicted molar refractivity (Wildman–Crippen MR) is 66.6 cm³/mol. The molecule has 0 aliphatic heterocycles. The van der Waals surface area contributed by atoms with Gasteiger partial charge in [0.15, 0.2) is 0 Å². The molecule has 0 radical (unpaired) electrons. The first-order chi connectivity index (χ1) is 8.65. The Morgan fingerprint density at radius 3 is 2.89 bits per heavy atom. The Morgan fingerprint density at radius 2 is 2.39 bits per heavy atom. The summed E-state index contributed by atoms with van der Waals surface area (Å²) in [6.07, 6.45) is 2.21. The van der Waals surface area contributed by atoms with Crippen LogP contribution in [0, 0.1) is 16.0 Å². The fourth-order valence-electron chi connectivity index (χ4n) is 1.84. The van der Waals surface area contributed by atoms with Crippen molar-refractivity contribution in [2.45, 2.75) is 18.9 Å². The summed E-state index contributed by atoms with van der Waals surface area (Å²) in [5.74, 6) is 1.05. The standard InChI is InChI=1S/C11H16N4O3/c1-18-10-5-4-9(15(16)17)11(14-10)13-8(6-12)7-2-3-7/h4-5,7-8H,2-3,6,12H2,1H3,(H,13,14). The van der Waals surface area contributed by atoms with Crippen molar-refractivity contribution in [3.8, 4) is 5.88 Å². The lowest BCUT2D eigenvalue weighted by atomic mass is 10.2. The smallest absolute Gasteiger partial charge is 0.311 e. The van der Waals surface area contributed by atoms with E-state index < -0.39 is 4.92 Å². The van der Waals surface area contributed by atoms with Crippen LogP contribution in [0.1, 0.15) is 12.8 Å². The highest BCUT2D eigenvalue weighted by molar-refractivity contribution is 5.57. The first kappa shape index (κ1) is 12.6. The lowest BCUT2D eigenvalue weighted by Gasteiger charge is -2.16. The van der Waals surface area contributed by atoms with Crippen LogP contribution in [-0.2, 0) is 0 Å². The van der Waals surface area contributed by atoms with Crippen molar-refractivity contribution >= 4 is 11.5 Å². The molecule has 18 heavy (non-hydrogen) atoms. The normalized spacial score (nSPS) is 16.1. The van der Waals surface area contributed by atoms with E-state index in [-0.39, 0.29) is 17.5 Å². The fourth-order valence-corrected chi connectivity index (χ4v) is 1.84. The second-order valence-electron chi connectivity index (χ2n) is 4.30. The highest BCUT2D eigenvalue weighted by atomic mass is 16.6. The summed E-state index contributed by atoms with van der Waals surface area (Å²) in [6.45, 7) is 0.431. The van der Waals surface area contributed by atoms with Crippen LogP contribution in [-0.4, -0.2) is 29.6 Å². The van der Waals surface area contributed by atoms with E-state index in [2.05, 4.69) is 10.3 Å². The van der Waals surface area contributed by atoms with E-state index in [1.54, 1.807) is 0 Å². The van der Waals surface area contributed by atoms with Gasteiger partial charge in [-0.3, -0.25) is 10.1 Å². The molecule has 0 amide bonds. The van der Waals surface area contributed by atoms with Gasteiger partial charge in [-0.05, 0) is 18.8 Å². The Morgan fingerprint density at radius 1 is 1.67 bits per heavy atom. The van der Waals surface area contributed by atoms with Crippen LogP contribution in [0.4, 0.5) is 11.5 Å². The third-order valence-corrected chi connectivity index (χ3v) is 3.02. The van der Waals surface area contributed by atoms with E-state index in [0.29, 0.717) is 18.3 Å². The molecule has 1 unspecified atom stereocenters. The summed E-state index contributed by atoms with van der Waals surface area (Å²) in [5.41, 5.74) is 5.61. The van der Waals surface area contributed by atoms with E-state index in [4.69, 9.17) is 10.5 Å². The molecule has 1 aliphatic rings. The molecule has 1 aromatic rings. The van der Waals surface area contributed by atoms with Gasteiger partial charge in [-0.25, -0.2) is 0 Å². The molecule has 1 aliphatic carbocycles. The van der Waals surface area contributed by atoms with Gasteiger partial charge in [-0.1, -0.05) is 0 Å². The average Bonchev–Trinajstić information content (AvgIpc) is 3.19. The van der Waals surface area contributed by atoms with Crippen LogP contribution < -0.4 is 15.8 Å². The lowest BCUT2D eigenvalue weighted by Crippen LogP contribution is -2.31. The van der Waals surface area contributed by atoms with E-state index in [0.717, 1.165) is 12.8 Å². The van der Waals surface area contributed by atoms with Crippen molar-refractivity contribution in [2.24, 2.45) is 11.7 Å². The van der Waals surface area contributed by atoms with Crippen LogP contribution in [0.25, 0.3) is 0 Å². The largest absolute Gasteiger partial charge is 0.481 e. The number of nitrogens with one attached hydrogen (secondary N) is 1. The Labute approximate surface area is 104 Å². The third kappa shape index (κ3) is 2.67. The van der Waals surface area contributed by atoms with Crippen LogP contribution in [0.15, 0.2) is 12.1 Å². The number of nitrogens with zero attached hydrogens (tertiary/aromatic N) is 2. The quantitative estimate of drug-likeness (QED) is 0.581. The first-order valence-electron chi connectivity index (χ1n) is 5.81. The summed E-state index contributed by atoms with van der Waals surface area (Å²) in [6, 6.07) is 2.88. The minimum Gasteiger partial charge on any atom is -0.481 e. The summed E-state index contributed by atoms with van der Waals surface area (Å²) < 4.78 is 4.98. The SMILES string of the molecule is COc1ccc([N+](=O)[O-])c(NC(CN)C2CC2)n1. The topological polar surface area (TPSA) is 103 Å². The number of pyridine rings is 1. The number of nitro groups is 1. The molecule has 3 N–H and O–H groups in total. The Kier molecular flexibility index (Phi) is 3.61. The van der Waals surface area contributed by atoms with Crippen molar-refractivity contribution in [2.75, 3.05) is 19.0 Å². The van der Waals surface area contributed by atoms with E-state index in [9.17, 15) is 10.1 Å². The molecular weight excluding hydrogens is 236 g/mol. The van der Waals surface area contributed by atoms with Gasteiger partial charge in [-0.15, -0.1) is 0 Å².